The number of benzene rings is 1. The number of carbonyl (C=O) groups excluding carboxylic acids is 1. The summed E-state index contributed by atoms with van der Waals surface area (Å²) >= 11 is 0. The third kappa shape index (κ3) is 2.99. The first-order valence-corrected chi connectivity index (χ1v) is 7.80. The number of carbonyl (C=O) groups is 1. The number of amides is 1. The van der Waals surface area contributed by atoms with Crippen LogP contribution in [-0.4, -0.2) is 39.1 Å². The number of nitrogens with one attached hydrogen (secondary N) is 1. The minimum absolute atomic E-state index is 0.0191. The number of aryl methyl sites for hydroxylation is 1. The van der Waals surface area contributed by atoms with Gasteiger partial charge in [-0.1, -0.05) is 12.1 Å². The van der Waals surface area contributed by atoms with E-state index in [9.17, 15) is 9.59 Å². The average Bonchev–Trinajstić information content (AvgIpc) is 2.78. The fraction of sp³-hybridized carbons (Fsp3) is 0.471. The summed E-state index contributed by atoms with van der Waals surface area (Å²) in [6.07, 6.45) is 0.324. The van der Waals surface area contributed by atoms with E-state index in [1.54, 1.807) is 4.90 Å². The Labute approximate surface area is 134 Å². The molecule has 0 spiro atoms. The Balaban J connectivity index is 1.77. The Morgan fingerprint density at radius 2 is 2.17 bits per heavy atom. The zero-order valence-electron chi connectivity index (χ0n) is 13.6. The SMILES string of the molecule is CC1OCC(C)(C)N1C(=O)CCc1nc2ccccc2[nH]c1=O. The predicted octanol–water partition coefficient (Wildman–Crippen LogP) is 1.84. The highest BCUT2D eigenvalue weighted by Gasteiger charge is 2.40. The third-order valence-corrected chi connectivity index (χ3v) is 4.21. The monoisotopic (exact) mass is 315 g/mol. The van der Waals surface area contributed by atoms with E-state index >= 15 is 0 Å². The van der Waals surface area contributed by atoms with Crippen LogP contribution in [0, 0.1) is 0 Å². The standard InChI is InChI=1S/C17H21N3O3/c1-11-20(17(2,3)10-23-11)15(21)9-8-14-16(22)19-13-7-5-4-6-12(13)18-14/h4-7,11H,8-10H2,1-3H3,(H,19,22). The molecule has 0 aliphatic carbocycles. The number of hydrogen-bond donors (Lipinski definition) is 1. The highest BCUT2D eigenvalue weighted by atomic mass is 16.5. The second kappa shape index (κ2) is 5.77. The minimum atomic E-state index is -0.320. The number of rotatable bonds is 3. The van der Waals surface area contributed by atoms with Gasteiger partial charge in [0.25, 0.3) is 5.56 Å². The molecule has 6 heteroatoms. The number of para-hydroxylation sites is 2. The van der Waals surface area contributed by atoms with Gasteiger partial charge in [0.1, 0.15) is 11.9 Å². The molecule has 2 aromatic rings. The quantitative estimate of drug-likeness (QED) is 0.938. The topological polar surface area (TPSA) is 75.3 Å². The van der Waals surface area contributed by atoms with Gasteiger partial charge < -0.3 is 14.6 Å². The smallest absolute Gasteiger partial charge is 0.270 e. The molecular formula is C17H21N3O3. The minimum Gasteiger partial charge on any atom is -0.356 e. The Morgan fingerprint density at radius 3 is 2.87 bits per heavy atom. The number of aromatic amines is 1. The van der Waals surface area contributed by atoms with E-state index in [-0.39, 0.29) is 29.7 Å². The number of hydrogen-bond acceptors (Lipinski definition) is 4. The summed E-state index contributed by atoms with van der Waals surface area (Å²) < 4.78 is 5.56. The Kier molecular flexibility index (Phi) is 3.93. The summed E-state index contributed by atoms with van der Waals surface area (Å²) in [5, 5.41) is 0. The summed E-state index contributed by atoms with van der Waals surface area (Å²) in [6, 6.07) is 7.37. The van der Waals surface area contributed by atoms with Gasteiger partial charge in [-0.25, -0.2) is 4.98 Å². The van der Waals surface area contributed by atoms with Crippen LogP contribution in [0.1, 0.15) is 32.9 Å². The number of aromatic nitrogens is 2. The third-order valence-electron chi connectivity index (χ3n) is 4.21. The van der Waals surface area contributed by atoms with Crippen molar-refractivity contribution in [2.24, 2.45) is 0 Å². The summed E-state index contributed by atoms with van der Waals surface area (Å²) in [5.41, 5.74) is 1.27. The van der Waals surface area contributed by atoms with Gasteiger partial charge in [0.2, 0.25) is 5.91 Å². The summed E-state index contributed by atoms with van der Waals surface area (Å²) in [4.78, 5) is 33.6. The molecule has 1 aliphatic heterocycles. The molecule has 1 fully saturated rings. The van der Waals surface area contributed by atoms with Gasteiger partial charge in [-0.2, -0.15) is 0 Å². The molecule has 1 aromatic heterocycles. The van der Waals surface area contributed by atoms with Crippen molar-refractivity contribution in [2.45, 2.75) is 45.4 Å². The summed E-state index contributed by atoms with van der Waals surface area (Å²) in [5.74, 6) is -0.0191. The molecule has 1 atom stereocenters. The van der Waals surface area contributed by atoms with Gasteiger partial charge in [-0.05, 0) is 32.9 Å². The van der Waals surface area contributed by atoms with Crippen LogP contribution < -0.4 is 5.56 Å². The molecule has 23 heavy (non-hydrogen) atoms. The van der Waals surface area contributed by atoms with Crippen LogP contribution in [0.15, 0.2) is 29.1 Å². The fourth-order valence-electron chi connectivity index (χ4n) is 3.08. The summed E-state index contributed by atoms with van der Waals surface area (Å²) in [6.45, 7) is 6.35. The Hall–Kier alpha value is -2.21. The van der Waals surface area contributed by atoms with Gasteiger partial charge in [0, 0.05) is 12.8 Å². The van der Waals surface area contributed by atoms with E-state index < -0.39 is 0 Å². The van der Waals surface area contributed by atoms with Crippen LogP contribution in [0.3, 0.4) is 0 Å². The number of H-pyrrole nitrogens is 1. The molecule has 6 nitrogen and oxygen atoms in total. The average molecular weight is 315 g/mol. The molecule has 122 valence electrons. The number of fused-ring (bicyclic) bond motifs is 1. The van der Waals surface area contributed by atoms with Crippen molar-refractivity contribution in [3.63, 3.8) is 0 Å². The molecule has 1 aliphatic rings. The molecule has 1 amide bonds. The predicted molar refractivity (Wildman–Crippen MR) is 87.0 cm³/mol. The van der Waals surface area contributed by atoms with Gasteiger partial charge in [-0.15, -0.1) is 0 Å². The maximum Gasteiger partial charge on any atom is 0.270 e. The molecule has 1 N–H and O–H groups in total. The zero-order valence-corrected chi connectivity index (χ0v) is 13.6. The molecule has 0 saturated carbocycles. The van der Waals surface area contributed by atoms with E-state index in [2.05, 4.69) is 9.97 Å². The van der Waals surface area contributed by atoms with Crippen LogP contribution >= 0.6 is 0 Å². The molecule has 1 unspecified atom stereocenters. The molecule has 2 heterocycles. The first-order valence-electron chi connectivity index (χ1n) is 7.80. The van der Waals surface area contributed by atoms with Crippen molar-refractivity contribution in [3.05, 3.63) is 40.3 Å². The Bertz CT molecular complexity index is 797. The van der Waals surface area contributed by atoms with Crippen molar-refractivity contribution in [1.82, 2.24) is 14.9 Å². The van der Waals surface area contributed by atoms with E-state index in [4.69, 9.17) is 4.74 Å². The highest BCUT2D eigenvalue weighted by molar-refractivity contribution is 5.78. The molecular weight excluding hydrogens is 294 g/mol. The molecule has 3 rings (SSSR count). The summed E-state index contributed by atoms with van der Waals surface area (Å²) in [7, 11) is 0. The van der Waals surface area contributed by atoms with Gasteiger partial charge in [0.15, 0.2) is 0 Å². The van der Waals surface area contributed by atoms with E-state index in [0.717, 1.165) is 5.52 Å². The maximum atomic E-state index is 12.5. The van der Waals surface area contributed by atoms with E-state index in [1.807, 2.05) is 45.0 Å². The molecule has 1 aromatic carbocycles. The number of nitrogens with zero attached hydrogens (tertiary/aromatic N) is 2. The number of ether oxygens (including phenoxy) is 1. The van der Waals surface area contributed by atoms with Gasteiger partial charge >= 0.3 is 0 Å². The van der Waals surface area contributed by atoms with Gasteiger partial charge in [0.05, 0.1) is 23.2 Å². The van der Waals surface area contributed by atoms with Crippen molar-refractivity contribution in [1.29, 1.82) is 0 Å². The molecule has 0 bridgehead atoms. The lowest BCUT2D eigenvalue weighted by molar-refractivity contribution is -0.139. The molecule has 0 radical (unpaired) electrons. The first kappa shape index (κ1) is 15.7. The van der Waals surface area contributed by atoms with Crippen molar-refractivity contribution in [2.75, 3.05) is 6.61 Å². The largest absolute Gasteiger partial charge is 0.356 e. The lowest BCUT2D eigenvalue weighted by atomic mass is 10.0. The first-order chi connectivity index (χ1) is 10.9. The molecule has 1 saturated heterocycles. The van der Waals surface area contributed by atoms with E-state index in [1.165, 1.54) is 0 Å². The fourth-order valence-corrected chi connectivity index (χ4v) is 3.08. The normalized spacial score (nSPS) is 20.1. The van der Waals surface area contributed by atoms with Crippen LogP contribution in [0.2, 0.25) is 0 Å². The van der Waals surface area contributed by atoms with Crippen LogP contribution in [-0.2, 0) is 16.0 Å². The van der Waals surface area contributed by atoms with Gasteiger partial charge in [-0.3, -0.25) is 9.59 Å². The second-order valence-electron chi connectivity index (χ2n) is 6.52. The van der Waals surface area contributed by atoms with Crippen LogP contribution in [0.5, 0.6) is 0 Å². The lowest BCUT2D eigenvalue weighted by Gasteiger charge is -2.32. The van der Waals surface area contributed by atoms with Crippen LogP contribution in [0.4, 0.5) is 0 Å². The Morgan fingerprint density at radius 1 is 1.43 bits per heavy atom. The lowest BCUT2D eigenvalue weighted by Crippen LogP contribution is -2.47. The van der Waals surface area contributed by atoms with Crippen molar-refractivity contribution in [3.8, 4) is 0 Å². The van der Waals surface area contributed by atoms with E-state index in [0.29, 0.717) is 24.2 Å². The van der Waals surface area contributed by atoms with Crippen molar-refractivity contribution < 1.29 is 9.53 Å². The van der Waals surface area contributed by atoms with Crippen LogP contribution in [0.25, 0.3) is 11.0 Å². The second-order valence-corrected chi connectivity index (χ2v) is 6.52. The zero-order chi connectivity index (χ0) is 16.6. The van der Waals surface area contributed by atoms with Crippen molar-refractivity contribution >= 4 is 16.9 Å². The highest BCUT2D eigenvalue weighted by Crippen LogP contribution is 2.27. The maximum absolute atomic E-state index is 12.5.